The third kappa shape index (κ3) is 2.81. The average Bonchev–Trinajstić information content (AvgIpc) is 3.18. The molecule has 136 valence electrons. The first kappa shape index (κ1) is 17.2. The van der Waals surface area contributed by atoms with E-state index in [4.69, 9.17) is 4.74 Å². The number of rotatable bonds is 4. The Morgan fingerprint density at radius 2 is 2.35 bits per heavy atom. The molecule has 0 spiro atoms. The summed E-state index contributed by atoms with van der Waals surface area (Å²) >= 11 is 1.31. The van der Waals surface area contributed by atoms with Crippen molar-refractivity contribution in [2.75, 3.05) is 7.11 Å². The second kappa shape index (κ2) is 6.81. The summed E-state index contributed by atoms with van der Waals surface area (Å²) in [4.78, 5) is 13.5. The fourth-order valence-corrected chi connectivity index (χ4v) is 4.84. The Morgan fingerprint density at radius 1 is 1.50 bits per heavy atom. The zero-order valence-corrected chi connectivity index (χ0v) is 15.5. The molecule has 1 aliphatic carbocycles. The van der Waals surface area contributed by atoms with Crippen molar-refractivity contribution in [2.45, 2.75) is 31.9 Å². The van der Waals surface area contributed by atoms with Crippen LogP contribution in [0.3, 0.4) is 0 Å². The first-order valence-corrected chi connectivity index (χ1v) is 9.42. The summed E-state index contributed by atoms with van der Waals surface area (Å²) in [5.74, 6) is -0.503. The third-order valence-electron chi connectivity index (χ3n) is 4.94. The molecule has 1 atom stereocenters. The molecule has 4 rings (SSSR count). The van der Waals surface area contributed by atoms with Crippen LogP contribution in [-0.2, 0) is 24.8 Å². The van der Waals surface area contributed by atoms with Crippen molar-refractivity contribution in [1.29, 1.82) is 0 Å². The van der Waals surface area contributed by atoms with Gasteiger partial charge in [-0.1, -0.05) is 6.07 Å². The molecule has 1 aromatic carbocycles. The molecule has 1 aliphatic rings. The molecule has 5 nitrogen and oxygen atoms in total. The number of nitrogens with one attached hydrogen (secondary N) is 1. The van der Waals surface area contributed by atoms with Crippen molar-refractivity contribution in [2.24, 2.45) is 7.05 Å². The summed E-state index contributed by atoms with van der Waals surface area (Å²) < 4.78 is 22.2. The Bertz CT molecular complexity index is 979. The number of hydrogen-bond donors (Lipinski definition) is 1. The largest absolute Gasteiger partial charge is 0.380 e. The number of carbonyl (C=O) groups excluding carboxylic acids is 1. The lowest BCUT2D eigenvalue weighted by atomic mass is 9.93. The Kier molecular flexibility index (Phi) is 4.50. The molecule has 0 unspecified atom stereocenters. The lowest BCUT2D eigenvalue weighted by Gasteiger charge is -2.23. The minimum atomic E-state index is -0.322. The van der Waals surface area contributed by atoms with Gasteiger partial charge in [0.2, 0.25) is 0 Å². The van der Waals surface area contributed by atoms with Crippen molar-refractivity contribution in [3.05, 3.63) is 51.9 Å². The van der Waals surface area contributed by atoms with Crippen molar-refractivity contribution >= 4 is 27.3 Å². The summed E-state index contributed by atoms with van der Waals surface area (Å²) in [7, 11) is 3.48. The van der Waals surface area contributed by atoms with Gasteiger partial charge in [-0.05, 0) is 31.4 Å². The van der Waals surface area contributed by atoms with Gasteiger partial charge < -0.3 is 10.1 Å². The van der Waals surface area contributed by atoms with E-state index < -0.39 is 0 Å². The van der Waals surface area contributed by atoms with E-state index in [9.17, 15) is 9.18 Å². The van der Waals surface area contributed by atoms with Gasteiger partial charge in [0.1, 0.15) is 5.82 Å². The number of benzene rings is 1. The highest BCUT2D eigenvalue weighted by atomic mass is 32.1. The molecule has 0 radical (unpaired) electrons. The number of nitrogens with zero attached hydrogens (tertiary/aromatic N) is 2. The van der Waals surface area contributed by atoms with Crippen molar-refractivity contribution < 1.29 is 13.9 Å². The molecule has 0 saturated carbocycles. The molecule has 2 heterocycles. The number of methoxy groups -OCH3 is 1. The first-order chi connectivity index (χ1) is 12.6. The smallest absolute Gasteiger partial charge is 0.262 e. The van der Waals surface area contributed by atoms with Gasteiger partial charge in [-0.3, -0.25) is 9.48 Å². The minimum absolute atomic E-state index is 0.0644. The van der Waals surface area contributed by atoms with Gasteiger partial charge in [-0.15, -0.1) is 11.3 Å². The molecule has 26 heavy (non-hydrogen) atoms. The van der Waals surface area contributed by atoms with Crippen LogP contribution in [0.1, 0.15) is 45.4 Å². The number of carbonyl (C=O) groups is 1. The predicted molar refractivity (Wildman–Crippen MR) is 98.8 cm³/mol. The summed E-state index contributed by atoms with van der Waals surface area (Å²) in [6.45, 7) is 0.201. The van der Waals surface area contributed by atoms with Crippen LogP contribution in [0.2, 0.25) is 0 Å². The maximum absolute atomic E-state index is 14.3. The second-order valence-corrected chi connectivity index (χ2v) is 7.60. The van der Waals surface area contributed by atoms with Crippen molar-refractivity contribution in [3.8, 4) is 0 Å². The minimum Gasteiger partial charge on any atom is -0.380 e. The number of hydrogen-bond acceptors (Lipinski definition) is 4. The van der Waals surface area contributed by atoms with Gasteiger partial charge >= 0.3 is 0 Å². The highest BCUT2D eigenvalue weighted by Crippen LogP contribution is 2.35. The normalized spacial score (nSPS) is 16.7. The summed E-state index contributed by atoms with van der Waals surface area (Å²) in [5, 5.41) is 7.93. The molecule has 0 saturated heterocycles. The Hall–Kier alpha value is -2.25. The quantitative estimate of drug-likeness (QED) is 0.758. The Balaban J connectivity index is 1.69. The Labute approximate surface area is 154 Å². The average molecular weight is 373 g/mol. The zero-order valence-electron chi connectivity index (χ0n) is 14.7. The van der Waals surface area contributed by atoms with Gasteiger partial charge in [-0.25, -0.2) is 4.39 Å². The van der Waals surface area contributed by atoms with Crippen LogP contribution >= 0.6 is 11.3 Å². The number of thiophene rings is 1. The van der Waals surface area contributed by atoms with Gasteiger partial charge in [0, 0.05) is 41.1 Å². The van der Waals surface area contributed by atoms with E-state index in [0.717, 1.165) is 29.5 Å². The van der Waals surface area contributed by atoms with Crippen LogP contribution in [0.25, 0.3) is 10.1 Å². The summed E-state index contributed by atoms with van der Waals surface area (Å²) in [5.41, 5.74) is 2.86. The summed E-state index contributed by atoms with van der Waals surface area (Å²) in [6, 6.07) is 4.85. The molecule has 0 fully saturated rings. The fraction of sp³-hybridized carbons (Fsp3) is 0.368. The molecular weight excluding hydrogens is 353 g/mol. The lowest BCUT2D eigenvalue weighted by molar-refractivity contribution is 0.0932. The van der Waals surface area contributed by atoms with Crippen molar-refractivity contribution in [3.63, 3.8) is 0 Å². The van der Waals surface area contributed by atoms with E-state index in [-0.39, 0.29) is 24.4 Å². The second-order valence-electron chi connectivity index (χ2n) is 6.54. The van der Waals surface area contributed by atoms with E-state index in [2.05, 4.69) is 10.4 Å². The van der Waals surface area contributed by atoms with Crippen LogP contribution in [0, 0.1) is 5.82 Å². The first-order valence-electron chi connectivity index (χ1n) is 8.60. The maximum atomic E-state index is 14.3. The Morgan fingerprint density at radius 3 is 3.15 bits per heavy atom. The van der Waals surface area contributed by atoms with E-state index in [1.165, 1.54) is 23.1 Å². The lowest BCUT2D eigenvalue weighted by Crippen LogP contribution is -2.31. The number of aromatic nitrogens is 2. The molecule has 1 N–H and O–H groups in total. The highest BCUT2D eigenvalue weighted by molar-refractivity contribution is 7.21. The maximum Gasteiger partial charge on any atom is 0.262 e. The predicted octanol–water partition coefficient (Wildman–Crippen LogP) is 3.73. The van der Waals surface area contributed by atoms with E-state index in [0.29, 0.717) is 15.8 Å². The van der Waals surface area contributed by atoms with E-state index >= 15 is 0 Å². The zero-order chi connectivity index (χ0) is 18.3. The molecule has 1 amide bonds. The van der Waals surface area contributed by atoms with E-state index in [1.807, 2.05) is 24.0 Å². The van der Waals surface area contributed by atoms with E-state index in [1.54, 1.807) is 13.2 Å². The third-order valence-corrected chi connectivity index (χ3v) is 6.14. The number of aryl methyl sites for hydroxylation is 1. The topological polar surface area (TPSA) is 56.1 Å². The van der Waals surface area contributed by atoms with Gasteiger partial charge in [-0.2, -0.15) is 5.10 Å². The SMILES string of the molecule is COCc1c(C(=O)N[C@H]2CCCc3c2cnn3C)sc2cccc(F)c12. The molecule has 0 aliphatic heterocycles. The number of amides is 1. The van der Waals surface area contributed by atoms with Crippen LogP contribution < -0.4 is 5.32 Å². The molecule has 0 bridgehead atoms. The number of fused-ring (bicyclic) bond motifs is 2. The van der Waals surface area contributed by atoms with Crippen LogP contribution in [0.4, 0.5) is 4.39 Å². The standard InChI is InChI=1S/C19H20FN3O2S/c1-23-15-7-4-6-14(11(15)9-21-23)22-19(24)18-12(10-25-2)17-13(20)5-3-8-16(17)26-18/h3,5,8-9,14H,4,6-7,10H2,1-2H3,(H,22,24)/t14-/m0/s1. The molecule has 3 aromatic rings. The summed E-state index contributed by atoms with van der Waals surface area (Å²) in [6.07, 6.45) is 4.69. The number of ether oxygens (including phenoxy) is 1. The number of halogens is 1. The van der Waals surface area contributed by atoms with Crippen molar-refractivity contribution in [1.82, 2.24) is 15.1 Å². The fourth-order valence-electron chi connectivity index (χ4n) is 3.71. The van der Waals surface area contributed by atoms with Gasteiger partial charge in [0.05, 0.1) is 23.7 Å². The monoisotopic (exact) mass is 373 g/mol. The highest BCUT2D eigenvalue weighted by Gasteiger charge is 2.27. The van der Waals surface area contributed by atoms with Crippen LogP contribution in [0.15, 0.2) is 24.4 Å². The van der Waals surface area contributed by atoms with Crippen LogP contribution in [-0.4, -0.2) is 22.8 Å². The molecular formula is C19H20FN3O2S. The van der Waals surface area contributed by atoms with Gasteiger partial charge in [0.15, 0.2) is 0 Å². The van der Waals surface area contributed by atoms with Gasteiger partial charge in [0.25, 0.3) is 5.91 Å². The molecule has 7 heteroatoms. The van der Waals surface area contributed by atoms with Crippen LogP contribution in [0.5, 0.6) is 0 Å². The molecule has 2 aromatic heterocycles.